The normalized spacial score (nSPS) is 22.8. The van der Waals surface area contributed by atoms with E-state index in [9.17, 15) is 28.8 Å². The molecule has 0 bridgehead atoms. The van der Waals surface area contributed by atoms with E-state index < -0.39 is 24.3 Å². The standard InChI is InChI=1S/2C28H30N4O4/c2*33-26-24-16-20-19-10-4-5-11-21(19)30-25(20)22(32(24)27(34)23-13-7-15-31(23)26)12-6-14-29-28(35)36-17-18-8-2-1-3-9-18/h2*1-5,8-11,22-24,30H,6-7,12-17H2,(H,29,35)/t22-,23+,24+;22-,23-,24-/m10/s1. The number of rotatable bonds is 12. The van der Waals surface area contributed by atoms with Crippen LogP contribution in [0.15, 0.2) is 109 Å². The summed E-state index contributed by atoms with van der Waals surface area (Å²) < 4.78 is 10.6. The Bertz CT molecular complexity index is 2810. The largest absolute Gasteiger partial charge is 0.445 e. The van der Waals surface area contributed by atoms with Gasteiger partial charge in [0.05, 0.1) is 12.1 Å². The van der Waals surface area contributed by atoms with Gasteiger partial charge in [0.15, 0.2) is 0 Å². The zero-order valence-electron chi connectivity index (χ0n) is 40.2. The van der Waals surface area contributed by atoms with E-state index in [1.807, 2.05) is 107 Å². The van der Waals surface area contributed by atoms with Crippen LogP contribution in [0, 0.1) is 0 Å². The van der Waals surface area contributed by atoms with Gasteiger partial charge in [-0.1, -0.05) is 97.1 Å². The number of para-hydroxylation sites is 2. The van der Waals surface area contributed by atoms with Crippen LogP contribution < -0.4 is 10.6 Å². The SMILES string of the molecule is O=C(NCCC[C@@H]1c2[nH]c3ccccc3c2C[C@H]2C(=O)N3CCC[C@H]3C(=O)N12)OCc1ccccc1.O=C(NCCC[C@H]1c2[nH]c3ccccc3c2C[C@H]2C(=O)N3CCC[C@H]3C(=O)N21)OCc1ccccc1. The number of amides is 6. The Morgan fingerprint density at radius 3 is 1.35 bits per heavy atom. The molecule has 16 heteroatoms. The monoisotopic (exact) mass is 972 g/mol. The zero-order valence-corrected chi connectivity index (χ0v) is 40.2. The lowest BCUT2D eigenvalue weighted by atomic mass is 9.86. The molecule has 6 atom stereocenters. The lowest BCUT2D eigenvalue weighted by Crippen LogP contribution is -2.65. The van der Waals surface area contributed by atoms with Crippen molar-refractivity contribution in [3.63, 3.8) is 0 Å². The molecule has 372 valence electrons. The molecule has 6 amide bonds. The van der Waals surface area contributed by atoms with Crippen LogP contribution in [0.25, 0.3) is 21.8 Å². The maximum Gasteiger partial charge on any atom is 0.407 e. The highest BCUT2D eigenvalue weighted by atomic mass is 16.6. The number of aromatic amines is 2. The summed E-state index contributed by atoms with van der Waals surface area (Å²) in [4.78, 5) is 92.9. The summed E-state index contributed by atoms with van der Waals surface area (Å²) in [5, 5.41) is 7.87. The van der Waals surface area contributed by atoms with Gasteiger partial charge >= 0.3 is 12.2 Å². The minimum atomic E-state index is -0.465. The van der Waals surface area contributed by atoms with E-state index in [1.165, 1.54) is 0 Å². The average Bonchev–Trinajstić information content (AvgIpc) is 4.25. The van der Waals surface area contributed by atoms with Crippen LogP contribution in [0.4, 0.5) is 9.59 Å². The molecule has 6 aliphatic heterocycles. The summed E-state index contributed by atoms with van der Waals surface area (Å²) in [5.41, 5.74) is 8.21. The number of ether oxygens (including phenoxy) is 2. The highest BCUT2D eigenvalue weighted by molar-refractivity contribution is 6.00. The topological polar surface area (TPSA) is 189 Å². The van der Waals surface area contributed by atoms with Gasteiger partial charge in [0.2, 0.25) is 23.6 Å². The predicted octanol–water partition coefficient (Wildman–Crippen LogP) is 7.35. The number of fused-ring (bicyclic) bond motifs is 10. The van der Waals surface area contributed by atoms with Gasteiger partial charge in [-0.25, -0.2) is 9.59 Å². The summed E-state index contributed by atoms with van der Waals surface area (Å²) in [6.45, 7) is 2.63. The van der Waals surface area contributed by atoms with Gasteiger partial charge in [-0.15, -0.1) is 0 Å². The molecule has 0 radical (unpaired) electrons. The number of hydrogen-bond donors (Lipinski definition) is 4. The van der Waals surface area contributed by atoms with E-state index in [2.05, 4.69) is 32.7 Å². The van der Waals surface area contributed by atoms with Crippen LogP contribution >= 0.6 is 0 Å². The van der Waals surface area contributed by atoms with Gasteiger partial charge in [-0.2, -0.15) is 0 Å². The zero-order chi connectivity index (χ0) is 49.3. The van der Waals surface area contributed by atoms with Crippen LogP contribution in [0.2, 0.25) is 0 Å². The first-order chi connectivity index (χ1) is 35.2. The van der Waals surface area contributed by atoms with Crippen molar-refractivity contribution in [2.75, 3.05) is 26.2 Å². The van der Waals surface area contributed by atoms with Crippen LogP contribution in [0.1, 0.15) is 97.1 Å². The van der Waals surface area contributed by atoms with Crippen LogP contribution in [0.3, 0.4) is 0 Å². The van der Waals surface area contributed by atoms with Crippen molar-refractivity contribution in [2.45, 2.75) is 114 Å². The first-order valence-electron chi connectivity index (χ1n) is 25.6. The molecule has 4 saturated heterocycles. The van der Waals surface area contributed by atoms with E-state index >= 15 is 0 Å². The summed E-state index contributed by atoms with van der Waals surface area (Å²) in [6.07, 6.45) is 5.94. The number of carbonyl (C=O) groups is 6. The maximum atomic E-state index is 13.6. The summed E-state index contributed by atoms with van der Waals surface area (Å²) in [6, 6.07) is 33.3. The number of benzene rings is 4. The molecular weight excluding hydrogens is 913 g/mol. The third kappa shape index (κ3) is 8.91. The minimum absolute atomic E-state index is 0.0571. The predicted molar refractivity (Wildman–Crippen MR) is 268 cm³/mol. The Morgan fingerprint density at radius 1 is 0.514 bits per heavy atom. The molecule has 12 rings (SSSR count). The van der Waals surface area contributed by atoms with Crippen molar-refractivity contribution >= 4 is 57.6 Å². The average molecular weight is 973 g/mol. The van der Waals surface area contributed by atoms with Gasteiger partial charge < -0.3 is 49.7 Å². The molecule has 0 unspecified atom stereocenters. The molecule has 0 spiro atoms. The molecule has 4 aromatic carbocycles. The van der Waals surface area contributed by atoms with Crippen LogP contribution in [-0.2, 0) is 54.7 Å². The molecule has 72 heavy (non-hydrogen) atoms. The van der Waals surface area contributed by atoms with Crippen molar-refractivity contribution in [2.24, 2.45) is 0 Å². The molecule has 0 aliphatic carbocycles. The molecule has 4 N–H and O–H groups in total. The lowest BCUT2D eigenvalue weighted by molar-refractivity contribution is -0.163. The van der Waals surface area contributed by atoms with Crippen LogP contribution in [-0.4, -0.2) is 116 Å². The Hall–Kier alpha value is -7.62. The van der Waals surface area contributed by atoms with Gasteiger partial charge in [-0.05, 0) is 85.8 Å². The third-order valence-electron chi connectivity index (χ3n) is 15.5. The van der Waals surface area contributed by atoms with Crippen LogP contribution in [0.5, 0.6) is 0 Å². The molecular formula is C56H60N8O8. The molecule has 0 saturated carbocycles. The quantitative estimate of drug-likeness (QED) is 0.0917. The number of piperazine rings is 2. The fourth-order valence-corrected chi connectivity index (χ4v) is 12.2. The smallest absolute Gasteiger partial charge is 0.407 e. The lowest BCUT2D eigenvalue weighted by Gasteiger charge is -2.48. The van der Waals surface area contributed by atoms with E-state index in [4.69, 9.17) is 9.47 Å². The van der Waals surface area contributed by atoms with Crippen molar-refractivity contribution in [1.29, 1.82) is 0 Å². The number of H-pyrrole nitrogens is 2. The fourth-order valence-electron chi connectivity index (χ4n) is 12.2. The van der Waals surface area contributed by atoms with E-state index in [0.717, 1.165) is 81.1 Å². The van der Waals surface area contributed by atoms with Gasteiger partial charge in [-0.3, -0.25) is 19.2 Å². The van der Waals surface area contributed by atoms with Gasteiger partial charge in [0.25, 0.3) is 0 Å². The number of hydrogen-bond acceptors (Lipinski definition) is 8. The first-order valence-corrected chi connectivity index (χ1v) is 25.6. The molecule has 6 aromatic rings. The Labute approximate surface area is 417 Å². The second-order valence-corrected chi connectivity index (χ2v) is 19.7. The second-order valence-electron chi connectivity index (χ2n) is 19.7. The number of aromatic nitrogens is 2. The third-order valence-corrected chi connectivity index (χ3v) is 15.5. The maximum absolute atomic E-state index is 13.6. The number of nitrogens with one attached hydrogen (secondary N) is 4. The van der Waals surface area contributed by atoms with Crippen molar-refractivity contribution in [3.8, 4) is 0 Å². The number of carbonyl (C=O) groups excluding carboxylic acids is 6. The minimum Gasteiger partial charge on any atom is -0.445 e. The Kier molecular flexibility index (Phi) is 13.1. The fraction of sp³-hybridized carbons (Fsp3) is 0.393. The van der Waals surface area contributed by atoms with Gasteiger partial charge in [0, 0.05) is 72.2 Å². The highest BCUT2D eigenvalue weighted by Gasteiger charge is 2.54. The molecule has 8 heterocycles. The summed E-state index contributed by atoms with van der Waals surface area (Å²) >= 11 is 0. The number of nitrogens with zero attached hydrogens (tertiary/aromatic N) is 4. The van der Waals surface area contributed by atoms with E-state index in [1.54, 1.807) is 9.80 Å². The van der Waals surface area contributed by atoms with Gasteiger partial charge in [0.1, 0.15) is 37.4 Å². The van der Waals surface area contributed by atoms with E-state index in [0.29, 0.717) is 64.7 Å². The Balaban J connectivity index is 0.000000156. The van der Waals surface area contributed by atoms with Crippen molar-refractivity contribution in [3.05, 3.63) is 143 Å². The van der Waals surface area contributed by atoms with Crippen molar-refractivity contribution < 1.29 is 38.2 Å². The highest BCUT2D eigenvalue weighted by Crippen LogP contribution is 2.45. The second kappa shape index (κ2) is 20.2. The number of alkyl carbamates (subject to hydrolysis) is 2. The van der Waals surface area contributed by atoms with Crippen molar-refractivity contribution in [1.82, 2.24) is 40.2 Å². The summed E-state index contributed by atoms with van der Waals surface area (Å²) in [5.74, 6) is 0.254. The first kappa shape index (κ1) is 46.7. The Morgan fingerprint density at radius 2 is 0.917 bits per heavy atom. The summed E-state index contributed by atoms with van der Waals surface area (Å²) in [7, 11) is 0. The molecule has 2 aromatic heterocycles. The molecule has 4 fully saturated rings. The van der Waals surface area contributed by atoms with E-state index in [-0.39, 0.29) is 61.0 Å². The molecule has 6 aliphatic rings. The molecule has 16 nitrogen and oxygen atoms in total.